The van der Waals surface area contributed by atoms with Crippen molar-refractivity contribution >= 4 is 26.3 Å². The van der Waals surface area contributed by atoms with Crippen molar-refractivity contribution in [1.29, 1.82) is 0 Å². The van der Waals surface area contributed by atoms with E-state index < -0.39 is 9.52 Å². The Morgan fingerprint density at radius 2 is 1.74 bits per heavy atom. The molecule has 6 nitrogen and oxygen atoms in total. The second-order valence-electron chi connectivity index (χ2n) is 8.48. The highest BCUT2D eigenvalue weighted by atomic mass is 28.2. The minimum atomic E-state index is -0.543. The summed E-state index contributed by atoms with van der Waals surface area (Å²) in [6.07, 6.45) is 4.87. The Bertz CT molecular complexity index is 1180. The molecule has 0 saturated carbocycles. The van der Waals surface area contributed by atoms with Gasteiger partial charge in [0, 0.05) is 52.5 Å². The van der Waals surface area contributed by atoms with Crippen molar-refractivity contribution in [3.05, 3.63) is 102 Å². The lowest BCUT2D eigenvalue weighted by atomic mass is 10.1. The Morgan fingerprint density at radius 1 is 0.971 bits per heavy atom. The molecular formula is C27H33N5OSi. The number of carbonyl (C=O) groups is 1. The topological polar surface area (TPSA) is 81.8 Å². The lowest BCUT2D eigenvalue weighted by molar-refractivity contribution is -0.121. The van der Waals surface area contributed by atoms with Gasteiger partial charge in [-0.15, -0.1) is 0 Å². The van der Waals surface area contributed by atoms with E-state index in [1.807, 2.05) is 18.2 Å². The molecule has 1 atom stereocenters. The van der Waals surface area contributed by atoms with Gasteiger partial charge in [0.1, 0.15) is 0 Å². The molecule has 0 aliphatic heterocycles. The number of hydrogen-bond acceptors (Lipinski definition) is 4. The second kappa shape index (κ2) is 12.3. The van der Waals surface area contributed by atoms with Crippen molar-refractivity contribution in [2.45, 2.75) is 38.3 Å². The summed E-state index contributed by atoms with van der Waals surface area (Å²) in [7, 11) is -0.543. The van der Waals surface area contributed by atoms with Gasteiger partial charge in [-0.05, 0) is 47.9 Å². The molecule has 0 spiro atoms. The molecule has 0 fully saturated rings. The lowest BCUT2D eigenvalue weighted by Crippen LogP contribution is -2.46. The Kier molecular flexibility index (Phi) is 8.62. The van der Waals surface area contributed by atoms with Gasteiger partial charge in [-0.25, -0.2) is 0 Å². The van der Waals surface area contributed by atoms with E-state index >= 15 is 0 Å². The van der Waals surface area contributed by atoms with Crippen LogP contribution in [0.2, 0.25) is 6.55 Å². The summed E-state index contributed by atoms with van der Waals surface area (Å²) in [5.41, 5.74) is 5.74. The molecule has 7 heteroatoms. The number of aromatic amines is 1. The zero-order valence-corrected chi connectivity index (χ0v) is 21.1. The first-order chi connectivity index (χ1) is 16.7. The van der Waals surface area contributed by atoms with Gasteiger partial charge in [0.2, 0.25) is 5.91 Å². The van der Waals surface area contributed by atoms with E-state index in [1.165, 1.54) is 22.0 Å². The lowest BCUT2D eigenvalue weighted by Gasteiger charge is -2.16. The van der Waals surface area contributed by atoms with Gasteiger partial charge in [0.15, 0.2) is 0 Å². The Balaban J connectivity index is 1.17. The molecule has 1 amide bonds. The Labute approximate surface area is 203 Å². The van der Waals surface area contributed by atoms with E-state index in [1.54, 1.807) is 6.20 Å². The second-order valence-corrected chi connectivity index (χ2v) is 10.1. The van der Waals surface area contributed by atoms with Crippen molar-refractivity contribution < 1.29 is 4.79 Å². The summed E-state index contributed by atoms with van der Waals surface area (Å²) in [4.78, 5) is 20.3. The summed E-state index contributed by atoms with van der Waals surface area (Å²) >= 11 is 0. The number of carbonyl (C=O) groups excluding carboxylic acids is 1. The summed E-state index contributed by atoms with van der Waals surface area (Å²) in [5, 5.41) is 11.3. The van der Waals surface area contributed by atoms with E-state index in [4.69, 9.17) is 0 Å². The predicted molar refractivity (Wildman–Crippen MR) is 141 cm³/mol. The number of aromatic nitrogens is 2. The van der Waals surface area contributed by atoms with Crippen LogP contribution < -0.4 is 16.0 Å². The molecule has 0 aliphatic rings. The minimum absolute atomic E-state index is 0.0770. The number of hydrogen-bond donors (Lipinski definition) is 4. The minimum Gasteiger partial charge on any atom is -0.361 e. The fourth-order valence-corrected chi connectivity index (χ4v) is 4.98. The molecular weight excluding hydrogens is 438 g/mol. The third kappa shape index (κ3) is 6.63. The number of para-hydroxylation sites is 1. The summed E-state index contributed by atoms with van der Waals surface area (Å²) in [6.45, 7) is 5.06. The van der Waals surface area contributed by atoms with Gasteiger partial charge in [0.25, 0.3) is 0 Å². The average Bonchev–Trinajstić information content (AvgIpc) is 3.30. The number of H-pyrrole nitrogens is 1. The molecule has 0 unspecified atom stereocenters. The molecule has 4 rings (SSSR count). The van der Waals surface area contributed by atoms with Crippen LogP contribution in [0.25, 0.3) is 10.9 Å². The fourth-order valence-electron chi connectivity index (χ4n) is 4.03. The number of rotatable bonds is 12. The smallest absolute Gasteiger partial charge is 0.233 e. The highest BCUT2D eigenvalue weighted by molar-refractivity contribution is 6.42. The standard InChI is InChI=1S/C27H33N5OSi/c1-34-27(32-19-23-6-4-5-14-29-23)26(33)31-17-21-11-9-20(10-12-21)16-28-15-13-22-18-30-25-8-3-2-7-24(22)25/h2-12,14,18,27-28,30,32H,13,15-17,19,34H2,1H3,(H,31,33)/t27-/m0/s1. The van der Waals surface area contributed by atoms with Gasteiger partial charge >= 0.3 is 0 Å². The van der Waals surface area contributed by atoms with E-state index in [2.05, 4.69) is 87.2 Å². The zero-order chi connectivity index (χ0) is 23.6. The first-order valence-electron chi connectivity index (χ1n) is 12.0. The van der Waals surface area contributed by atoms with Gasteiger partial charge < -0.3 is 20.9 Å². The van der Waals surface area contributed by atoms with Crippen LogP contribution >= 0.6 is 0 Å². The third-order valence-electron chi connectivity index (χ3n) is 6.05. The van der Waals surface area contributed by atoms with E-state index in [-0.39, 0.29) is 11.6 Å². The van der Waals surface area contributed by atoms with Gasteiger partial charge in [-0.2, -0.15) is 0 Å². The Morgan fingerprint density at radius 3 is 2.50 bits per heavy atom. The van der Waals surface area contributed by atoms with Crippen molar-refractivity contribution in [2.75, 3.05) is 6.54 Å². The number of benzene rings is 2. The summed E-state index contributed by atoms with van der Waals surface area (Å²) in [5.74, 6) is 0.0770. The number of nitrogens with zero attached hydrogens (tertiary/aromatic N) is 1. The highest BCUT2D eigenvalue weighted by Gasteiger charge is 2.15. The monoisotopic (exact) mass is 471 g/mol. The molecule has 0 bridgehead atoms. The van der Waals surface area contributed by atoms with Crippen molar-refractivity contribution in [1.82, 2.24) is 25.9 Å². The van der Waals surface area contributed by atoms with Crippen LogP contribution in [0, 0.1) is 0 Å². The van der Waals surface area contributed by atoms with Crippen molar-refractivity contribution in [2.24, 2.45) is 0 Å². The predicted octanol–water partition coefficient (Wildman–Crippen LogP) is 2.84. The third-order valence-corrected chi connectivity index (χ3v) is 7.52. The molecule has 2 aromatic heterocycles. The van der Waals surface area contributed by atoms with E-state index in [0.717, 1.165) is 30.8 Å². The van der Waals surface area contributed by atoms with Gasteiger partial charge in [-0.3, -0.25) is 9.78 Å². The summed E-state index contributed by atoms with van der Waals surface area (Å²) < 4.78 is 0. The number of amides is 1. The van der Waals surface area contributed by atoms with E-state index in [0.29, 0.717) is 13.1 Å². The van der Waals surface area contributed by atoms with Crippen LogP contribution in [0.1, 0.15) is 22.4 Å². The normalized spacial score (nSPS) is 12.4. The van der Waals surface area contributed by atoms with Crippen LogP contribution in [0.4, 0.5) is 0 Å². The first kappa shape index (κ1) is 23.9. The maximum atomic E-state index is 12.6. The molecule has 0 aliphatic carbocycles. The quantitative estimate of drug-likeness (QED) is 0.189. The number of nitrogens with one attached hydrogen (secondary N) is 4. The average molecular weight is 472 g/mol. The zero-order valence-electron chi connectivity index (χ0n) is 19.7. The van der Waals surface area contributed by atoms with E-state index in [9.17, 15) is 4.79 Å². The van der Waals surface area contributed by atoms with Crippen LogP contribution in [0.3, 0.4) is 0 Å². The molecule has 0 saturated heterocycles. The maximum absolute atomic E-state index is 12.6. The largest absolute Gasteiger partial charge is 0.361 e. The van der Waals surface area contributed by atoms with Gasteiger partial charge in [-0.1, -0.05) is 55.1 Å². The molecule has 4 N–H and O–H groups in total. The Hall–Kier alpha value is -3.26. The summed E-state index contributed by atoms with van der Waals surface area (Å²) in [6, 6.07) is 22.7. The fraction of sp³-hybridized carbons (Fsp3) is 0.259. The molecule has 4 aromatic rings. The van der Waals surface area contributed by atoms with Gasteiger partial charge in [0.05, 0.1) is 11.4 Å². The first-order valence-corrected chi connectivity index (χ1v) is 14.2. The number of fused-ring (bicyclic) bond motifs is 1. The van der Waals surface area contributed by atoms with Crippen LogP contribution in [0.15, 0.2) is 79.1 Å². The molecule has 0 radical (unpaired) electrons. The molecule has 2 heterocycles. The van der Waals surface area contributed by atoms with Crippen LogP contribution in [-0.4, -0.2) is 37.6 Å². The SMILES string of the molecule is C[SiH2][C@H](NCc1ccccn1)C(=O)NCc1ccc(CNCCc2c[nH]c3ccccc23)cc1. The van der Waals surface area contributed by atoms with Crippen LogP contribution in [0.5, 0.6) is 0 Å². The van der Waals surface area contributed by atoms with Crippen molar-refractivity contribution in [3.63, 3.8) is 0 Å². The number of pyridine rings is 1. The molecule has 176 valence electrons. The van der Waals surface area contributed by atoms with Crippen LogP contribution in [-0.2, 0) is 30.8 Å². The highest BCUT2D eigenvalue weighted by Crippen LogP contribution is 2.17. The molecule has 2 aromatic carbocycles. The molecule has 34 heavy (non-hydrogen) atoms. The van der Waals surface area contributed by atoms with Crippen molar-refractivity contribution in [3.8, 4) is 0 Å². The maximum Gasteiger partial charge on any atom is 0.233 e.